The zero-order valence-electron chi connectivity index (χ0n) is 9.36. The van der Waals surface area contributed by atoms with Crippen LogP contribution in [0.3, 0.4) is 0 Å². The van der Waals surface area contributed by atoms with Gasteiger partial charge in [0.25, 0.3) is 0 Å². The van der Waals surface area contributed by atoms with Gasteiger partial charge in [0.2, 0.25) is 0 Å². The average Bonchev–Trinajstić information content (AvgIpc) is 2.37. The molecule has 2 aromatic rings. The lowest BCUT2D eigenvalue weighted by Gasteiger charge is -2.09. The van der Waals surface area contributed by atoms with E-state index in [2.05, 4.69) is 0 Å². The van der Waals surface area contributed by atoms with E-state index >= 15 is 0 Å². The van der Waals surface area contributed by atoms with Gasteiger partial charge in [-0.15, -0.1) is 0 Å². The number of nitrogen functional groups attached to an aromatic ring is 1. The predicted molar refractivity (Wildman–Crippen MR) is 68.3 cm³/mol. The van der Waals surface area contributed by atoms with E-state index in [1.807, 2.05) is 0 Å². The second kappa shape index (κ2) is 5.25. The molecule has 2 aromatic carbocycles. The van der Waals surface area contributed by atoms with Gasteiger partial charge in [-0.05, 0) is 17.7 Å². The molecule has 0 radical (unpaired) electrons. The van der Waals surface area contributed by atoms with Gasteiger partial charge in [0.1, 0.15) is 11.6 Å². The summed E-state index contributed by atoms with van der Waals surface area (Å²) in [5.74, 6) is 0.233. The molecule has 0 heterocycles. The minimum Gasteiger partial charge on any atom is -0.455 e. The summed E-state index contributed by atoms with van der Waals surface area (Å²) in [6.45, 7) is -0.0369. The lowest BCUT2D eigenvalue weighted by Crippen LogP contribution is -1.94. The first-order valence-electron chi connectivity index (χ1n) is 5.22. The fraction of sp³-hybridized carbons (Fsp3) is 0.0769. The average molecular weight is 268 g/mol. The van der Waals surface area contributed by atoms with Gasteiger partial charge < -0.3 is 15.6 Å². The molecular weight excluding hydrogens is 257 g/mol. The zero-order valence-corrected chi connectivity index (χ0v) is 10.1. The van der Waals surface area contributed by atoms with Gasteiger partial charge in [0.05, 0.1) is 17.3 Å². The third-order valence-electron chi connectivity index (χ3n) is 2.39. The van der Waals surface area contributed by atoms with Crippen molar-refractivity contribution in [2.45, 2.75) is 6.61 Å². The molecule has 0 unspecified atom stereocenters. The number of nitrogens with two attached hydrogens (primary N) is 1. The summed E-state index contributed by atoms with van der Waals surface area (Å²) in [7, 11) is 0. The lowest BCUT2D eigenvalue weighted by molar-refractivity contribution is 0.281. The van der Waals surface area contributed by atoms with Crippen LogP contribution < -0.4 is 10.5 Å². The van der Waals surface area contributed by atoms with Crippen LogP contribution in [0.25, 0.3) is 0 Å². The number of hydrogen-bond acceptors (Lipinski definition) is 3. The van der Waals surface area contributed by atoms with Gasteiger partial charge in [-0.25, -0.2) is 4.39 Å². The normalized spacial score (nSPS) is 10.4. The summed E-state index contributed by atoms with van der Waals surface area (Å²) < 4.78 is 18.6. The summed E-state index contributed by atoms with van der Waals surface area (Å²) >= 11 is 5.66. The van der Waals surface area contributed by atoms with E-state index in [9.17, 15) is 4.39 Å². The Balaban J connectivity index is 2.25. The Morgan fingerprint density at radius 2 is 1.89 bits per heavy atom. The molecule has 0 aliphatic heterocycles. The lowest BCUT2D eigenvalue weighted by atomic mass is 10.2. The highest BCUT2D eigenvalue weighted by atomic mass is 35.5. The molecule has 0 aliphatic carbocycles. The van der Waals surface area contributed by atoms with E-state index in [-0.39, 0.29) is 23.1 Å². The van der Waals surface area contributed by atoms with Crippen molar-refractivity contribution in [2.75, 3.05) is 5.73 Å². The van der Waals surface area contributed by atoms with Crippen LogP contribution in [0, 0.1) is 5.82 Å². The van der Waals surface area contributed by atoms with Crippen LogP contribution in [0.15, 0.2) is 36.4 Å². The second-order valence-electron chi connectivity index (χ2n) is 3.71. The molecule has 18 heavy (non-hydrogen) atoms. The zero-order chi connectivity index (χ0) is 13.1. The molecule has 0 saturated heterocycles. The molecule has 0 saturated carbocycles. The van der Waals surface area contributed by atoms with Crippen molar-refractivity contribution < 1.29 is 14.2 Å². The summed E-state index contributed by atoms with van der Waals surface area (Å²) in [5, 5.41) is 8.86. The van der Waals surface area contributed by atoms with E-state index in [4.69, 9.17) is 27.2 Å². The SMILES string of the molecule is Nc1cc(F)c(Cl)cc1Oc1ccc(CO)cc1. The van der Waals surface area contributed by atoms with Crippen LogP contribution in [-0.2, 0) is 6.61 Å². The van der Waals surface area contributed by atoms with E-state index < -0.39 is 5.82 Å². The number of aliphatic hydroxyl groups is 1. The van der Waals surface area contributed by atoms with Crippen molar-refractivity contribution in [3.63, 3.8) is 0 Å². The molecule has 94 valence electrons. The first kappa shape index (κ1) is 12.7. The van der Waals surface area contributed by atoms with E-state index in [1.54, 1.807) is 24.3 Å². The summed E-state index contributed by atoms with van der Waals surface area (Å²) in [5.41, 5.74) is 6.57. The topological polar surface area (TPSA) is 55.5 Å². The summed E-state index contributed by atoms with van der Waals surface area (Å²) in [4.78, 5) is 0. The third-order valence-corrected chi connectivity index (χ3v) is 2.68. The number of hydrogen-bond donors (Lipinski definition) is 2. The van der Waals surface area contributed by atoms with Gasteiger partial charge in [-0.2, -0.15) is 0 Å². The highest BCUT2D eigenvalue weighted by Gasteiger charge is 2.08. The Hall–Kier alpha value is -1.78. The standard InChI is InChI=1S/C13H11ClFNO2/c14-10-5-13(12(16)6-11(10)15)18-9-3-1-8(7-17)2-4-9/h1-6,17H,7,16H2. The minimum absolute atomic E-state index is 0.0369. The molecule has 3 nitrogen and oxygen atoms in total. The van der Waals surface area contributed by atoms with Crippen molar-refractivity contribution >= 4 is 17.3 Å². The molecule has 0 amide bonds. The molecule has 0 atom stereocenters. The van der Waals surface area contributed by atoms with Crippen molar-refractivity contribution in [2.24, 2.45) is 0 Å². The maximum absolute atomic E-state index is 13.1. The van der Waals surface area contributed by atoms with Crippen LogP contribution in [0.1, 0.15) is 5.56 Å². The van der Waals surface area contributed by atoms with Crippen LogP contribution in [0.4, 0.5) is 10.1 Å². The van der Waals surface area contributed by atoms with Gasteiger partial charge in [-0.1, -0.05) is 23.7 Å². The largest absolute Gasteiger partial charge is 0.455 e. The van der Waals surface area contributed by atoms with Gasteiger partial charge >= 0.3 is 0 Å². The van der Waals surface area contributed by atoms with Crippen molar-refractivity contribution in [3.05, 3.63) is 52.8 Å². The van der Waals surface area contributed by atoms with Crippen LogP contribution in [-0.4, -0.2) is 5.11 Å². The first-order valence-corrected chi connectivity index (χ1v) is 5.60. The van der Waals surface area contributed by atoms with E-state index in [1.165, 1.54) is 6.07 Å². The minimum atomic E-state index is -0.586. The number of aliphatic hydroxyl groups excluding tert-OH is 1. The Morgan fingerprint density at radius 1 is 1.22 bits per heavy atom. The summed E-state index contributed by atoms with van der Waals surface area (Å²) in [6, 6.07) is 9.24. The van der Waals surface area contributed by atoms with Crippen LogP contribution in [0.2, 0.25) is 5.02 Å². The Kier molecular flexibility index (Phi) is 3.69. The van der Waals surface area contributed by atoms with Crippen LogP contribution >= 0.6 is 11.6 Å². The smallest absolute Gasteiger partial charge is 0.151 e. The number of ether oxygens (including phenoxy) is 1. The van der Waals surface area contributed by atoms with Gasteiger partial charge in [0, 0.05) is 12.1 Å². The monoisotopic (exact) mass is 267 g/mol. The van der Waals surface area contributed by atoms with E-state index in [0.29, 0.717) is 5.75 Å². The molecule has 2 rings (SSSR count). The number of anilines is 1. The molecular formula is C13H11ClFNO2. The predicted octanol–water partition coefficient (Wildman–Crippen LogP) is 3.35. The number of benzene rings is 2. The maximum Gasteiger partial charge on any atom is 0.151 e. The van der Waals surface area contributed by atoms with Crippen molar-refractivity contribution in [1.29, 1.82) is 0 Å². The quantitative estimate of drug-likeness (QED) is 0.839. The highest BCUT2D eigenvalue weighted by Crippen LogP contribution is 2.32. The fourth-order valence-electron chi connectivity index (χ4n) is 1.42. The molecule has 0 fully saturated rings. The maximum atomic E-state index is 13.1. The molecule has 0 aliphatic rings. The fourth-order valence-corrected chi connectivity index (χ4v) is 1.58. The van der Waals surface area contributed by atoms with Gasteiger partial charge in [-0.3, -0.25) is 0 Å². The Bertz CT molecular complexity index is 558. The molecule has 0 bridgehead atoms. The van der Waals surface area contributed by atoms with Crippen molar-refractivity contribution in [1.82, 2.24) is 0 Å². The molecule has 5 heteroatoms. The number of halogens is 2. The Morgan fingerprint density at radius 3 is 2.50 bits per heavy atom. The number of rotatable bonds is 3. The van der Waals surface area contributed by atoms with E-state index in [0.717, 1.165) is 11.6 Å². The van der Waals surface area contributed by atoms with Gasteiger partial charge in [0.15, 0.2) is 5.75 Å². The Labute approximate surface area is 109 Å². The summed E-state index contributed by atoms with van der Waals surface area (Å²) in [6.07, 6.45) is 0. The third kappa shape index (κ3) is 2.72. The molecule has 0 spiro atoms. The first-order chi connectivity index (χ1) is 8.60. The second-order valence-corrected chi connectivity index (χ2v) is 4.12. The molecule has 3 N–H and O–H groups in total. The van der Waals surface area contributed by atoms with Crippen molar-refractivity contribution in [3.8, 4) is 11.5 Å². The highest BCUT2D eigenvalue weighted by molar-refractivity contribution is 6.31. The molecule has 0 aromatic heterocycles. The van der Waals surface area contributed by atoms with Crippen LogP contribution in [0.5, 0.6) is 11.5 Å².